The minimum absolute atomic E-state index is 0.0215. The van der Waals surface area contributed by atoms with Gasteiger partial charge >= 0.3 is 0 Å². The highest BCUT2D eigenvalue weighted by Gasteiger charge is 2.30. The number of carbonyl (C=O) groups is 1. The van der Waals surface area contributed by atoms with Gasteiger partial charge in [0, 0.05) is 19.0 Å². The maximum absolute atomic E-state index is 12.9. The number of fused-ring (bicyclic) bond motifs is 1. The summed E-state index contributed by atoms with van der Waals surface area (Å²) in [6.07, 6.45) is 2.43. The highest BCUT2D eigenvalue weighted by molar-refractivity contribution is 6.07. The van der Waals surface area contributed by atoms with Crippen LogP contribution in [0.15, 0.2) is 30.5 Å². The van der Waals surface area contributed by atoms with Gasteiger partial charge in [0.15, 0.2) is 0 Å². The fourth-order valence-corrected chi connectivity index (χ4v) is 2.74. The molecule has 0 spiro atoms. The van der Waals surface area contributed by atoms with E-state index >= 15 is 0 Å². The minimum atomic E-state index is -0.0215. The number of carbonyl (C=O) groups excluding carboxylic acids is 1. The molecule has 1 aliphatic heterocycles. The molecule has 1 atom stereocenters. The van der Waals surface area contributed by atoms with Crippen molar-refractivity contribution in [1.82, 2.24) is 9.97 Å². The molecule has 5 nitrogen and oxygen atoms in total. The summed E-state index contributed by atoms with van der Waals surface area (Å²) in [5.41, 5.74) is 2.49. The van der Waals surface area contributed by atoms with Gasteiger partial charge in [-0.2, -0.15) is 0 Å². The molecule has 2 N–H and O–H groups in total. The monoisotopic (exact) mass is 298 g/mol. The van der Waals surface area contributed by atoms with E-state index in [4.69, 9.17) is 0 Å². The number of nitrogens with one attached hydrogen (secondary N) is 2. The predicted molar refractivity (Wildman–Crippen MR) is 88.3 cm³/mol. The molecule has 0 saturated carbocycles. The van der Waals surface area contributed by atoms with E-state index in [-0.39, 0.29) is 11.9 Å². The highest BCUT2D eigenvalue weighted by Crippen LogP contribution is 2.33. The normalized spacial score (nSPS) is 17.3. The summed E-state index contributed by atoms with van der Waals surface area (Å²) in [7, 11) is 0. The van der Waals surface area contributed by atoms with Crippen LogP contribution in [0.25, 0.3) is 0 Å². The molecule has 2 aromatic rings. The number of imidazole rings is 1. The van der Waals surface area contributed by atoms with Gasteiger partial charge in [-0.1, -0.05) is 32.9 Å². The van der Waals surface area contributed by atoms with Crippen LogP contribution in [0.4, 0.5) is 11.4 Å². The lowest BCUT2D eigenvalue weighted by Crippen LogP contribution is -2.47. The SMILES string of the molecule is CCc1ncc(C(=O)N2CC(C(C)C)Nc3ccccc32)[nH]1. The molecule has 116 valence electrons. The van der Waals surface area contributed by atoms with Crippen molar-refractivity contribution < 1.29 is 4.79 Å². The number of aromatic nitrogens is 2. The van der Waals surface area contributed by atoms with Crippen LogP contribution in [-0.4, -0.2) is 28.5 Å². The number of aromatic amines is 1. The Morgan fingerprint density at radius 2 is 2.18 bits per heavy atom. The Kier molecular flexibility index (Phi) is 3.88. The fraction of sp³-hybridized carbons (Fsp3) is 0.412. The zero-order chi connectivity index (χ0) is 15.7. The van der Waals surface area contributed by atoms with Crippen molar-refractivity contribution in [3.8, 4) is 0 Å². The average molecular weight is 298 g/mol. The zero-order valence-corrected chi connectivity index (χ0v) is 13.3. The molecule has 0 fully saturated rings. The molecule has 0 bridgehead atoms. The van der Waals surface area contributed by atoms with Crippen molar-refractivity contribution in [2.24, 2.45) is 5.92 Å². The van der Waals surface area contributed by atoms with Crippen molar-refractivity contribution in [3.63, 3.8) is 0 Å². The predicted octanol–water partition coefficient (Wildman–Crippen LogP) is 3.07. The number of hydrogen-bond donors (Lipinski definition) is 2. The Morgan fingerprint density at radius 3 is 2.86 bits per heavy atom. The van der Waals surface area contributed by atoms with Crippen LogP contribution < -0.4 is 10.2 Å². The molecule has 0 saturated heterocycles. The molecule has 2 heterocycles. The Bertz CT molecular complexity index is 677. The van der Waals surface area contributed by atoms with Crippen LogP contribution in [0.5, 0.6) is 0 Å². The maximum atomic E-state index is 12.9. The molecule has 0 radical (unpaired) electrons. The number of nitrogens with zero attached hydrogens (tertiary/aromatic N) is 2. The smallest absolute Gasteiger partial charge is 0.276 e. The summed E-state index contributed by atoms with van der Waals surface area (Å²) in [6.45, 7) is 7.01. The van der Waals surface area contributed by atoms with Gasteiger partial charge in [-0.3, -0.25) is 4.79 Å². The van der Waals surface area contributed by atoms with Gasteiger partial charge in [0.1, 0.15) is 11.5 Å². The second kappa shape index (κ2) is 5.83. The summed E-state index contributed by atoms with van der Waals surface area (Å²) >= 11 is 0. The van der Waals surface area contributed by atoms with Crippen LogP contribution in [0.1, 0.15) is 37.1 Å². The van der Waals surface area contributed by atoms with Crippen LogP contribution in [-0.2, 0) is 6.42 Å². The van der Waals surface area contributed by atoms with E-state index in [1.165, 1.54) is 0 Å². The van der Waals surface area contributed by atoms with Gasteiger partial charge in [0.25, 0.3) is 5.91 Å². The molecule has 22 heavy (non-hydrogen) atoms. The fourth-order valence-electron chi connectivity index (χ4n) is 2.74. The highest BCUT2D eigenvalue weighted by atomic mass is 16.2. The third-order valence-corrected chi connectivity index (χ3v) is 4.16. The van der Waals surface area contributed by atoms with Crippen molar-refractivity contribution >= 4 is 17.3 Å². The molecule has 1 aliphatic rings. The lowest BCUT2D eigenvalue weighted by Gasteiger charge is -2.37. The van der Waals surface area contributed by atoms with Crippen molar-refractivity contribution in [2.75, 3.05) is 16.8 Å². The van der Waals surface area contributed by atoms with Crippen molar-refractivity contribution in [1.29, 1.82) is 0 Å². The van der Waals surface area contributed by atoms with E-state index in [2.05, 4.69) is 29.1 Å². The van der Waals surface area contributed by atoms with Crippen LogP contribution in [0, 0.1) is 5.92 Å². The number of hydrogen-bond acceptors (Lipinski definition) is 3. The standard InChI is InChI=1S/C17H22N4O/c1-4-16-18-9-13(20-16)17(22)21-10-14(11(2)3)19-12-7-5-6-8-15(12)21/h5-9,11,14,19H,4,10H2,1-3H3,(H,18,20). The first-order valence-corrected chi connectivity index (χ1v) is 7.81. The number of H-pyrrole nitrogens is 1. The second-order valence-electron chi connectivity index (χ2n) is 6.02. The summed E-state index contributed by atoms with van der Waals surface area (Å²) < 4.78 is 0. The molecule has 0 aliphatic carbocycles. The summed E-state index contributed by atoms with van der Waals surface area (Å²) in [5, 5.41) is 3.53. The summed E-state index contributed by atoms with van der Waals surface area (Å²) in [4.78, 5) is 22.1. The molecular formula is C17H22N4O. The summed E-state index contributed by atoms with van der Waals surface area (Å²) in [5.74, 6) is 1.26. The van der Waals surface area contributed by atoms with Gasteiger partial charge in [-0.15, -0.1) is 0 Å². The number of benzene rings is 1. The first-order valence-electron chi connectivity index (χ1n) is 7.81. The molecule has 3 rings (SSSR count). The van der Waals surface area contributed by atoms with Crippen LogP contribution in [0.2, 0.25) is 0 Å². The van der Waals surface area contributed by atoms with Crippen molar-refractivity contribution in [2.45, 2.75) is 33.2 Å². The van der Waals surface area contributed by atoms with Crippen LogP contribution >= 0.6 is 0 Å². The number of rotatable bonds is 3. The first-order chi connectivity index (χ1) is 10.6. The van der Waals surface area contributed by atoms with Crippen molar-refractivity contribution in [3.05, 3.63) is 42.0 Å². The van der Waals surface area contributed by atoms with Gasteiger partial charge < -0.3 is 15.2 Å². The topological polar surface area (TPSA) is 61.0 Å². The third kappa shape index (κ3) is 2.58. The number of aryl methyl sites for hydroxylation is 1. The Labute approximate surface area is 130 Å². The van der Waals surface area contributed by atoms with Gasteiger partial charge in [-0.25, -0.2) is 4.98 Å². The Morgan fingerprint density at radius 1 is 1.41 bits per heavy atom. The van der Waals surface area contributed by atoms with E-state index in [1.807, 2.05) is 36.1 Å². The number of anilines is 2. The zero-order valence-electron chi connectivity index (χ0n) is 13.3. The van der Waals surface area contributed by atoms with E-state index in [9.17, 15) is 4.79 Å². The van der Waals surface area contributed by atoms with Gasteiger partial charge in [0.05, 0.1) is 17.6 Å². The lowest BCUT2D eigenvalue weighted by molar-refractivity contribution is 0.0979. The second-order valence-corrected chi connectivity index (χ2v) is 6.02. The maximum Gasteiger partial charge on any atom is 0.276 e. The van der Waals surface area contributed by atoms with Crippen LogP contribution in [0.3, 0.4) is 0 Å². The van der Waals surface area contributed by atoms with E-state index in [1.54, 1.807) is 6.20 Å². The number of amides is 1. The largest absolute Gasteiger partial charge is 0.379 e. The van der Waals surface area contributed by atoms with Gasteiger partial charge in [-0.05, 0) is 18.1 Å². The summed E-state index contributed by atoms with van der Waals surface area (Å²) in [6, 6.07) is 8.19. The first kappa shape index (κ1) is 14.6. The number of para-hydroxylation sites is 2. The Hall–Kier alpha value is -2.30. The van der Waals surface area contributed by atoms with E-state index in [0.29, 0.717) is 18.2 Å². The molecule has 1 aromatic heterocycles. The van der Waals surface area contributed by atoms with E-state index < -0.39 is 0 Å². The molecule has 1 aromatic carbocycles. The lowest BCUT2D eigenvalue weighted by atomic mass is 9.99. The van der Waals surface area contributed by atoms with E-state index in [0.717, 1.165) is 23.6 Å². The molecule has 5 heteroatoms. The third-order valence-electron chi connectivity index (χ3n) is 4.16. The average Bonchev–Trinajstić information content (AvgIpc) is 3.02. The molecule has 1 amide bonds. The molecule has 1 unspecified atom stereocenters. The quantitative estimate of drug-likeness (QED) is 0.915. The molecular weight excluding hydrogens is 276 g/mol. The minimum Gasteiger partial charge on any atom is -0.379 e. The Balaban J connectivity index is 1.95. The van der Waals surface area contributed by atoms with Gasteiger partial charge in [0.2, 0.25) is 0 Å².